The Morgan fingerprint density at radius 3 is 2.74 bits per heavy atom. The Morgan fingerprint density at radius 2 is 2.04 bits per heavy atom. The van der Waals surface area contributed by atoms with Gasteiger partial charge in [0.05, 0.1) is 18.4 Å². The van der Waals surface area contributed by atoms with Crippen LogP contribution in [0, 0.1) is 6.92 Å². The van der Waals surface area contributed by atoms with Crippen molar-refractivity contribution >= 4 is 18.1 Å². The van der Waals surface area contributed by atoms with Crippen LogP contribution in [0.2, 0.25) is 0 Å². The van der Waals surface area contributed by atoms with E-state index in [0.717, 1.165) is 5.56 Å². The molecule has 0 aliphatic heterocycles. The summed E-state index contributed by atoms with van der Waals surface area (Å²) >= 11 is 0. The van der Waals surface area contributed by atoms with E-state index < -0.39 is 0 Å². The van der Waals surface area contributed by atoms with Crippen LogP contribution < -0.4 is 11.0 Å². The number of hydrazone groups is 1. The van der Waals surface area contributed by atoms with Gasteiger partial charge in [-0.3, -0.25) is 9.78 Å². The molecule has 3 rings (SSSR count). The number of esters is 1. The van der Waals surface area contributed by atoms with Crippen molar-refractivity contribution in [2.24, 2.45) is 5.10 Å². The number of aromatic nitrogens is 3. The Bertz CT molecular complexity index is 1020. The maximum absolute atomic E-state index is 11.7. The van der Waals surface area contributed by atoms with E-state index in [-0.39, 0.29) is 23.2 Å². The van der Waals surface area contributed by atoms with E-state index in [0.29, 0.717) is 23.7 Å². The first-order chi connectivity index (χ1) is 13.1. The Morgan fingerprint density at radius 1 is 1.26 bits per heavy atom. The fourth-order valence-corrected chi connectivity index (χ4v) is 2.16. The summed E-state index contributed by atoms with van der Waals surface area (Å²) in [6.07, 6.45) is 1.44. The second-order valence-corrected chi connectivity index (χ2v) is 5.46. The number of furan rings is 1. The van der Waals surface area contributed by atoms with Gasteiger partial charge >= 0.3 is 5.97 Å². The highest BCUT2D eigenvalue weighted by Crippen LogP contribution is 2.22. The molecule has 0 aliphatic carbocycles. The van der Waals surface area contributed by atoms with E-state index in [9.17, 15) is 9.59 Å². The molecule has 2 heterocycles. The molecule has 138 valence electrons. The van der Waals surface area contributed by atoms with Gasteiger partial charge < -0.3 is 9.15 Å². The van der Waals surface area contributed by atoms with E-state index in [4.69, 9.17) is 9.15 Å². The fourth-order valence-electron chi connectivity index (χ4n) is 2.16. The van der Waals surface area contributed by atoms with Crippen LogP contribution in [0.25, 0.3) is 11.3 Å². The predicted octanol–water partition coefficient (Wildman–Crippen LogP) is 2.36. The van der Waals surface area contributed by atoms with Crippen LogP contribution in [0.1, 0.15) is 28.7 Å². The normalized spacial score (nSPS) is 10.9. The number of carbonyl (C=O) groups excluding carboxylic acids is 1. The lowest BCUT2D eigenvalue weighted by Gasteiger charge is -2.02. The first kappa shape index (κ1) is 18.1. The number of H-pyrrole nitrogens is 1. The Labute approximate surface area is 154 Å². The monoisotopic (exact) mass is 367 g/mol. The zero-order valence-corrected chi connectivity index (χ0v) is 14.7. The SMILES string of the molecule is CCOC(=O)c1ccc(-c2ccc(/C=N\Nc3nnc(C)c(=O)[nH]3)o2)cc1. The first-order valence-electron chi connectivity index (χ1n) is 8.17. The van der Waals surface area contributed by atoms with Crippen molar-refractivity contribution in [2.75, 3.05) is 12.0 Å². The Hall–Kier alpha value is -3.75. The molecule has 9 nitrogen and oxygen atoms in total. The third-order valence-corrected chi connectivity index (χ3v) is 3.53. The number of hydrogen-bond acceptors (Lipinski definition) is 8. The quantitative estimate of drug-likeness (QED) is 0.389. The molecule has 0 radical (unpaired) electrons. The maximum atomic E-state index is 11.7. The lowest BCUT2D eigenvalue weighted by atomic mass is 10.1. The topological polar surface area (TPSA) is 122 Å². The number of aromatic amines is 1. The Balaban J connectivity index is 1.66. The highest BCUT2D eigenvalue weighted by molar-refractivity contribution is 5.90. The van der Waals surface area contributed by atoms with Gasteiger partial charge in [0.15, 0.2) is 0 Å². The Kier molecular flexibility index (Phi) is 5.41. The zero-order valence-electron chi connectivity index (χ0n) is 14.7. The van der Waals surface area contributed by atoms with E-state index in [1.807, 2.05) is 0 Å². The minimum absolute atomic E-state index is 0.128. The molecule has 0 unspecified atom stereocenters. The predicted molar refractivity (Wildman–Crippen MR) is 98.7 cm³/mol. The van der Waals surface area contributed by atoms with Gasteiger partial charge in [-0.05, 0) is 38.1 Å². The van der Waals surface area contributed by atoms with Crippen molar-refractivity contribution in [2.45, 2.75) is 13.8 Å². The van der Waals surface area contributed by atoms with Crippen LogP contribution in [0.4, 0.5) is 5.95 Å². The van der Waals surface area contributed by atoms with Crippen LogP contribution >= 0.6 is 0 Å². The molecule has 0 spiro atoms. The summed E-state index contributed by atoms with van der Waals surface area (Å²) in [6.45, 7) is 3.65. The summed E-state index contributed by atoms with van der Waals surface area (Å²) < 4.78 is 10.6. The van der Waals surface area contributed by atoms with Gasteiger partial charge in [0.2, 0.25) is 5.95 Å². The number of carbonyl (C=O) groups is 1. The minimum atomic E-state index is -0.361. The molecule has 3 aromatic rings. The number of ether oxygens (including phenoxy) is 1. The van der Waals surface area contributed by atoms with Crippen LogP contribution in [-0.2, 0) is 4.74 Å². The lowest BCUT2D eigenvalue weighted by Crippen LogP contribution is -2.15. The van der Waals surface area contributed by atoms with Crippen LogP contribution in [0.3, 0.4) is 0 Å². The largest absolute Gasteiger partial charge is 0.462 e. The van der Waals surface area contributed by atoms with Crippen molar-refractivity contribution in [3.05, 3.63) is 63.8 Å². The second-order valence-electron chi connectivity index (χ2n) is 5.46. The average molecular weight is 367 g/mol. The van der Waals surface area contributed by atoms with Gasteiger partial charge in [0, 0.05) is 5.56 Å². The molecule has 0 atom stereocenters. The second kappa shape index (κ2) is 8.09. The molecule has 9 heteroatoms. The number of nitrogens with one attached hydrogen (secondary N) is 2. The number of rotatable bonds is 6. The third kappa shape index (κ3) is 4.46. The molecule has 2 N–H and O–H groups in total. The molecule has 0 bridgehead atoms. The lowest BCUT2D eigenvalue weighted by molar-refractivity contribution is 0.0526. The van der Waals surface area contributed by atoms with Crippen LogP contribution in [0.5, 0.6) is 0 Å². The van der Waals surface area contributed by atoms with Gasteiger partial charge in [0.1, 0.15) is 17.2 Å². The molecule has 0 amide bonds. The summed E-state index contributed by atoms with van der Waals surface area (Å²) in [4.78, 5) is 25.6. The molecule has 0 saturated carbocycles. The summed E-state index contributed by atoms with van der Waals surface area (Å²) in [5.41, 5.74) is 3.79. The number of anilines is 1. The first-order valence-corrected chi connectivity index (χ1v) is 8.17. The molecule has 0 saturated heterocycles. The van der Waals surface area contributed by atoms with E-state index in [1.165, 1.54) is 6.21 Å². The average Bonchev–Trinajstić information content (AvgIpc) is 3.14. The number of hydrogen-bond donors (Lipinski definition) is 2. The highest BCUT2D eigenvalue weighted by atomic mass is 16.5. The van der Waals surface area contributed by atoms with Gasteiger partial charge in [-0.25, -0.2) is 10.2 Å². The van der Waals surface area contributed by atoms with Crippen LogP contribution in [-0.4, -0.2) is 34.0 Å². The highest BCUT2D eigenvalue weighted by Gasteiger charge is 2.08. The molecular weight excluding hydrogens is 350 g/mol. The van der Waals surface area contributed by atoms with Crippen molar-refractivity contribution in [1.82, 2.24) is 15.2 Å². The molecule has 0 fully saturated rings. The summed E-state index contributed by atoms with van der Waals surface area (Å²) in [7, 11) is 0. The molecule has 1 aromatic carbocycles. The van der Waals surface area contributed by atoms with Gasteiger partial charge in [-0.1, -0.05) is 12.1 Å². The van der Waals surface area contributed by atoms with Gasteiger partial charge in [-0.15, -0.1) is 10.2 Å². The minimum Gasteiger partial charge on any atom is -0.462 e. The van der Waals surface area contributed by atoms with E-state index in [1.54, 1.807) is 50.2 Å². The number of aryl methyl sites for hydroxylation is 1. The zero-order chi connectivity index (χ0) is 19.2. The van der Waals surface area contributed by atoms with Crippen molar-refractivity contribution < 1.29 is 13.9 Å². The molecule has 0 aliphatic rings. The maximum Gasteiger partial charge on any atom is 0.338 e. The summed E-state index contributed by atoms with van der Waals surface area (Å²) in [6, 6.07) is 10.4. The fraction of sp³-hybridized carbons (Fsp3) is 0.167. The third-order valence-electron chi connectivity index (χ3n) is 3.53. The molecule has 27 heavy (non-hydrogen) atoms. The standard InChI is InChI=1S/C18H17N5O4/c1-3-26-17(25)13-6-4-12(5-7-13)15-9-8-14(27-15)10-19-22-18-20-16(24)11(2)21-23-18/h4-10H,3H2,1-2H3,(H2,20,22,23,24)/b19-10-. The van der Waals surface area contributed by atoms with E-state index >= 15 is 0 Å². The number of nitrogens with zero attached hydrogens (tertiary/aromatic N) is 3. The van der Waals surface area contributed by atoms with Crippen molar-refractivity contribution in [3.8, 4) is 11.3 Å². The molecule has 2 aromatic heterocycles. The molecular formula is C18H17N5O4. The van der Waals surface area contributed by atoms with Gasteiger partial charge in [-0.2, -0.15) is 5.10 Å². The van der Waals surface area contributed by atoms with Gasteiger partial charge in [0.25, 0.3) is 5.56 Å². The van der Waals surface area contributed by atoms with Crippen LogP contribution in [0.15, 0.2) is 50.7 Å². The number of benzene rings is 1. The van der Waals surface area contributed by atoms with E-state index in [2.05, 4.69) is 25.7 Å². The summed E-state index contributed by atoms with van der Waals surface area (Å²) in [5, 5.41) is 11.4. The van der Waals surface area contributed by atoms with Crippen molar-refractivity contribution in [3.63, 3.8) is 0 Å². The summed E-state index contributed by atoms with van der Waals surface area (Å²) in [5.74, 6) is 0.882. The smallest absolute Gasteiger partial charge is 0.338 e. The van der Waals surface area contributed by atoms with Crippen molar-refractivity contribution in [1.29, 1.82) is 0 Å².